The van der Waals surface area contributed by atoms with Gasteiger partial charge in [0.2, 0.25) is 15.9 Å². The molecule has 3 aromatic rings. The number of piperazine rings is 1. The van der Waals surface area contributed by atoms with Gasteiger partial charge >= 0.3 is 0 Å². The van der Waals surface area contributed by atoms with Gasteiger partial charge in [-0.05, 0) is 37.1 Å². The number of benzene rings is 2. The minimum absolute atomic E-state index is 0.0316. The monoisotopic (exact) mass is 438 g/mol. The molecule has 0 bridgehead atoms. The lowest BCUT2D eigenvalue weighted by molar-refractivity contribution is -0.140. The van der Waals surface area contributed by atoms with Gasteiger partial charge in [0, 0.05) is 25.6 Å². The van der Waals surface area contributed by atoms with E-state index in [2.05, 4.69) is 4.98 Å². The highest BCUT2D eigenvalue weighted by Gasteiger charge is 2.40. The number of H-pyrrole nitrogens is 1. The normalized spacial score (nSPS) is 21.0. The van der Waals surface area contributed by atoms with E-state index in [0.29, 0.717) is 12.4 Å². The fraction of sp³-hybridized carbons (Fsp3) is 0.391. The van der Waals surface area contributed by atoms with E-state index in [0.717, 1.165) is 36.7 Å². The molecule has 31 heavy (non-hydrogen) atoms. The number of para-hydroxylation sites is 2. The van der Waals surface area contributed by atoms with Gasteiger partial charge in [0.15, 0.2) is 0 Å². The van der Waals surface area contributed by atoms with E-state index in [1.807, 2.05) is 29.2 Å². The predicted octanol–water partition coefficient (Wildman–Crippen LogP) is 3.33. The van der Waals surface area contributed by atoms with Gasteiger partial charge in [0.1, 0.15) is 11.9 Å². The highest BCUT2D eigenvalue weighted by Crippen LogP contribution is 2.33. The molecule has 2 fully saturated rings. The summed E-state index contributed by atoms with van der Waals surface area (Å²) >= 11 is 0. The van der Waals surface area contributed by atoms with E-state index in [1.165, 1.54) is 4.31 Å². The quantitative estimate of drug-likeness (QED) is 0.677. The van der Waals surface area contributed by atoms with Gasteiger partial charge in [-0.25, -0.2) is 13.4 Å². The van der Waals surface area contributed by atoms with Gasteiger partial charge in [-0.15, -0.1) is 0 Å². The molecule has 0 spiro atoms. The van der Waals surface area contributed by atoms with Gasteiger partial charge < -0.3 is 9.88 Å². The smallest absolute Gasteiger partial charge is 0.243 e. The van der Waals surface area contributed by atoms with Crippen molar-refractivity contribution in [3.8, 4) is 0 Å². The van der Waals surface area contributed by atoms with E-state index in [9.17, 15) is 13.2 Å². The number of hydrogen-bond acceptors (Lipinski definition) is 4. The summed E-state index contributed by atoms with van der Waals surface area (Å²) in [6, 6.07) is 15.7. The van der Waals surface area contributed by atoms with Crippen molar-refractivity contribution in [2.45, 2.75) is 36.6 Å². The van der Waals surface area contributed by atoms with Crippen molar-refractivity contribution in [3.05, 3.63) is 60.4 Å². The maximum absolute atomic E-state index is 13.3. The molecule has 2 aliphatic rings. The summed E-state index contributed by atoms with van der Waals surface area (Å²) in [5.41, 5.74) is 1.70. The first-order valence-electron chi connectivity index (χ1n) is 10.8. The van der Waals surface area contributed by atoms with Crippen LogP contribution < -0.4 is 0 Å². The van der Waals surface area contributed by atoms with Crippen LogP contribution >= 0.6 is 0 Å². The molecule has 1 aliphatic carbocycles. The van der Waals surface area contributed by atoms with Gasteiger partial charge in [-0.1, -0.05) is 43.2 Å². The molecule has 1 saturated carbocycles. The molecule has 1 saturated heterocycles. The molecule has 7 nitrogen and oxygen atoms in total. The zero-order valence-electron chi connectivity index (χ0n) is 17.3. The number of fused-ring (bicyclic) bond motifs is 1. The zero-order valence-corrected chi connectivity index (χ0v) is 18.1. The number of hydrogen-bond donors (Lipinski definition) is 1. The molecule has 162 valence electrons. The van der Waals surface area contributed by atoms with Gasteiger partial charge in [-0.3, -0.25) is 4.79 Å². The standard InChI is InChI=1S/C23H26N4O3S/c28-23(17-8-4-5-9-17)27-15-14-26(31(29,30)18-10-2-1-3-11-18)16-21(27)22-24-19-12-6-7-13-20(19)25-22/h1-3,6-7,10-13,17,21H,4-5,8-9,14-16H2,(H,24,25). The Balaban J connectivity index is 1.50. The Morgan fingerprint density at radius 1 is 0.968 bits per heavy atom. The number of nitrogens with zero attached hydrogens (tertiary/aromatic N) is 3. The number of imidazole rings is 1. The Labute approximate surface area is 182 Å². The number of nitrogens with one attached hydrogen (secondary N) is 1. The van der Waals surface area contributed by atoms with E-state index < -0.39 is 16.1 Å². The van der Waals surface area contributed by atoms with Crippen LogP contribution in [0.2, 0.25) is 0 Å². The van der Waals surface area contributed by atoms with Gasteiger partial charge in [0.05, 0.1) is 15.9 Å². The number of carbonyl (C=O) groups is 1. The molecular formula is C23H26N4O3S. The van der Waals surface area contributed by atoms with E-state index in [4.69, 9.17) is 4.98 Å². The average Bonchev–Trinajstić information content (AvgIpc) is 3.49. The summed E-state index contributed by atoms with van der Waals surface area (Å²) in [5, 5.41) is 0. The SMILES string of the molecule is O=C(C1CCCC1)N1CCN(S(=O)(=O)c2ccccc2)CC1c1nc2ccccc2[nH]1. The second kappa shape index (κ2) is 8.09. The number of amides is 1. The molecule has 2 aromatic carbocycles. The van der Waals surface area contributed by atoms with Crippen molar-refractivity contribution in [1.82, 2.24) is 19.2 Å². The Kier molecular flexibility index (Phi) is 5.27. The number of rotatable bonds is 4. The second-order valence-electron chi connectivity index (χ2n) is 8.34. The Bertz CT molecular complexity index is 1150. The summed E-state index contributed by atoms with van der Waals surface area (Å²) in [5.74, 6) is 0.796. The van der Waals surface area contributed by atoms with Crippen LogP contribution in [0.25, 0.3) is 11.0 Å². The van der Waals surface area contributed by atoms with Crippen LogP contribution in [0.15, 0.2) is 59.5 Å². The number of carbonyl (C=O) groups excluding carboxylic acids is 1. The molecular weight excluding hydrogens is 412 g/mol. The second-order valence-corrected chi connectivity index (χ2v) is 10.3. The first kappa shape index (κ1) is 20.2. The predicted molar refractivity (Wildman–Crippen MR) is 118 cm³/mol. The summed E-state index contributed by atoms with van der Waals surface area (Å²) < 4.78 is 28.0. The third kappa shape index (κ3) is 3.74. The van der Waals surface area contributed by atoms with Crippen molar-refractivity contribution in [1.29, 1.82) is 0 Å². The lowest BCUT2D eigenvalue weighted by Crippen LogP contribution is -2.53. The highest BCUT2D eigenvalue weighted by molar-refractivity contribution is 7.89. The van der Waals surface area contributed by atoms with E-state index in [1.54, 1.807) is 30.3 Å². The number of aromatic amines is 1. The van der Waals surface area contributed by atoms with Crippen molar-refractivity contribution >= 4 is 27.0 Å². The summed E-state index contributed by atoms with van der Waals surface area (Å²) in [4.78, 5) is 23.5. The molecule has 1 aromatic heterocycles. The first-order valence-corrected chi connectivity index (χ1v) is 12.3. The third-order valence-electron chi connectivity index (χ3n) is 6.43. The Morgan fingerprint density at radius 3 is 2.42 bits per heavy atom. The fourth-order valence-electron chi connectivity index (χ4n) is 4.75. The average molecular weight is 439 g/mol. The summed E-state index contributed by atoms with van der Waals surface area (Å²) in [6.07, 6.45) is 3.98. The summed E-state index contributed by atoms with van der Waals surface area (Å²) in [6.45, 7) is 0.838. The minimum Gasteiger partial charge on any atom is -0.340 e. The summed E-state index contributed by atoms with van der Waals surface area (Å²) in [7, 11) is -3.65. The molecule has 2 heterocycles. The molecule has 8 heteroatoms. The molecule has 1 aliphatic heterocycles. The van der Waals surface area contributed by atoms with Crippen molar-refractivity contribution in [3.63, 3.8) is 0 Å². The molecule has 1 atom stereocenters. The maximum atomic E-state index is 13.3. The van der Waals surface area contributed by atoms with E-state index >= 15 is 0 Å². The lowest BCUT2D eigenvalue weighted by Gasteiger charge is -2.41. The van der Waals surface area contributed by atoms with Gasteiger partial charge in [-0.2, -0.15) is 4.31 Å². The molecule has 1 N–H and O–H groups in total. The van der Waals surface area contributed by atoms with Crippen LogP contribution in [0, 0.1) is 5.92 Å². The van der Waals surface area contributed by atoms with E-state index in [-0.39, 0.29) is 29.8 Å². The van der Waals surface area contributed by atoms with Crippen LogP contribution in [-0.4, -0.2) is 53.1 Å². The maximum Gasteiger partial charge on any atom is 0.243 e. The molecule has 1 amide bonds. The minimum atomic E-state index is -3.65. The van der Waals surface area contributed by atoms with Crippen LogP contribution in [0.4, 0.5) is 0 Å². The largest absolute Gasteiger partial charge is 0.340 e. The Hall–Kier alpha value is -2.71. The Morgan fingerprint density at radius 2 is 1.68 bits per heavy atom. The van der Waals surface area contributed by atoms with Gasteiger partial charge in [0.25, 0.3) is 0 Å². The number of sulfonamides is 1. The number of aromatic nitrogens is 2. The third-order valence-corrected chi connectivity index (χ3v) is 8.31. The van der Waals surface area contributed by atoms with Crippen molar-refractivity contribution < 1.29 is 13.2 Å². The van der Waals surface area contributed by atoms with Crippen LogP contribution in [0.5, 0.6) is 0 Å². The highest BCUT2D eigenvalue weighted by atomic mass is 32.2. The van der Waals surface area contributed by atoms with Crippen LogP contribution in [0.3, 0.4) is 0 Å². The molecule has 5 rings (SSSR count). The fourth-order valence-corrected chi connectivity index (χ4v) is 6.21. The van der Waals surface area contributed by atoms with Crippen LogP contribution in [0.1, 0.15) is 37.5 Å². The zero-order chi connectivity index (χ0) is 21.4. The topological polar surface area (TPSA) is 86.4 Å². The molecule has 1 unspecified atom stereocenters. The molecule has 0 radical (unpaired) electrons. The first-order chi connectivity index (χ1) is 15.0. The van der Waals surface area contributed by atoms with Crippen molar-refractivity contribution in [2.24, 2.45) is 5.92 Å². The van der Waals surface area contributed by atoms with Crippen molar-refractivity contribution in [2.75, 3.05) is 19.6 Å². The lowest BCUT2D eigenvalue weighted by atomic mass is 10.0. The van der Waals surface area contributed by atoms with Crippen LogP contribution in [-0.2, 0) is 14.8 Å².